The Bertz CT molecular complexity index is 1520. The molecule has 1 atom stereocenters. The molecule has 1 aliphatic rings. The number of nitrogens with one attached hydrogen (secondary N) is 1. The Balaban J connectivity index is 1.51. The molecular formula is C24H21F3N4O4S2. The van der Waals surface area contributed by atoms with Gasteiger partial charge < -0.3 is 9.47 Å². The second-order valence-corrected chi connectivity index (χ2v) is 11.5. The number of hydrogen-bond donors (Lipinski definition) is 1. The molecule has 3 heterocycles. The number of aromatic nitrogens is 3. The van der Waals surface area contributed by atoms with Crippen LogP contribution in [0.25, 0.3) is 5.69 Å². The molecule has 0 aliphatic carbocycles. The fourth-order valence-electron chi connectivity index (χ4n) is 4.02. The molecule has 37 heavy (non-hydrogen) atoms. The fraction of sp³-hybridized carbons (Fsp3) is 0.250. The van der Waals surface area contributed by atoms with E-state index in [-0.39, 0.29) is 21.5 Å². The summed E-state index contributed by atoms with van der Waals surface area (Å²) in [6.07, 6.45) is -0.337. The van der Waals surface area contributed by atoms with Crippen LogP contribution in [0.5, 0.6) is 11.5 Å². The van der Waals surface area contributed by atoms with Gasteiger partial charge in [-0.2, -0.15) is 18.3 Å². The first-order valence-electron chi connectivity index (χ1n) is 11.0. The molecule has 5 rings (SSSR count). The Labute approximate surface area is 214 Å². The fourth-order valence-corrected chi connectivity index (χ4v) is 5.83. The minimum Gasteiger partial charge on any atom is -0.487 e. The van der Waals surface area contributed by atoms with Gasteiger partial charge in [-0.3, -0.25) is 4.72 Å². The topological polar surface area (TPSA) is 95.3 Å². The second kappa shape index (κ2) is 9.06. The Morgan fingerprint density at radius 2 is 2.00 bits per heavy atom. The van der Waals surface area contributed by atoms with Crippen LogP contribution in [0.4, 0.5) is 18.3 Å². The summed E-state index contributed by atoms with van der Waals surface area (Å²) >= 11 is 1.15. The van der Waals surface area contributed by atoms with Crippen molar-refractivity contribution in [2.75, 3.05) is 4.72 Å². The Hall–Kier alpha value is -3.58. The van der Waals surface area contributed by atoms with Crippen molar-refractivity contribution < 1.29 is 31.1 Å². The highest BCUT2D eigenvalue weighted by Gasteiger charge is 2.37. The van der Waals surface area contributed by atoms with Crippen molar-refractivity contribution in [3.05, 3.63) is 77.6 Å². The van der Waals surface area contributed by atoms with Gasteiger partial charge in [-0.25, -0.2) is 18.1 Å². The van der Waals surface area contributed by atoms with E-state index >= 15 is 0 Å². The lowest BCUT2D eigenvalue weighted by Gasteiger charge is -2.38. The lowest BCUT2D eigenvalue weighted by Crippen LogP contribution is -2.36. The number of anilines is 1. The van der Waals surface area contributed by atoms with Crippen LogP contribution in [-0.2, 0) is 16.2 Å². The molecule has 0 radical (unpaired) electrons. The molecule has 0 amide bonds. The van der Waals surface area contributed by atoms with Crippen molar-refractivity contribution >= 4 is 26.5 Å². The van der Waals surface area contributed by atoms with Gasteiger partial charge in [0.15, 0.2) is 5.13 Å². The summed E-state index contributed by atoms with van der Waals surface area (Å²) in [4.78, 5) is 3.92. The van der Waals surface area contributed by atoms with Crippen molar-refractivity contribution in [1.29, 1.82) is 0 Å². The van der Waals surface area contributed by atoms with Gasteiger partial charge in [-0.15, -0.1) is 11.3 Å². The third-order valence-electron chi connectivity index (χ3n) is 5.67. The molecule has 13 heteroatoms. The van der Waals surface area contributed by atoms with Gasteiger partial charge >= 0.3 is 6.18 Å². The number of benzene rings is 2. The molecule has 8 nitrogen and oxygen atoms in total. The number of alkyl halides is 3. The maximum absolute atomic E-state index is 13.4. The van der Waals surface area contributed by atoms with E-state index in [2.05, 4.69) is 14.8 Å². The molecule has 1 unspecified atom stereocenters. The zero-order valence-corrected chi connectivity index (χ0v) is 21.2. The van der Waals surface area contributed by atoms with Crippen LogP contribution in [0.15, 0.2) is 71.3 Å². The maximum atomic E-state index is 13.4. The summed E-state index contributed by atoms with van der Waals surface area (Å²) in [5.74, 6) is 0.489. The van der Waals surface area contributed by atoms with E-state index in [1.165, 1.54) is 41.5 Å². The highest BCUT2D eigenvalue weighted by molar-refractivity contribution is 7.93. The highest BCUT2D eigenvalue weighted by atomic mass is 32.2. The van der Waals surface area contributed by atoms with Crippen molar-refractivity contribution in [3.63, 3.8) is 0 Å². The molecule has 0 bridgehead atoms. The predicted molar refractivity (Wildman–Crippen MR) is 131 cm³/mol. The van der Waals surface area contributed by atoms with Crippen molar-refractivity contribution in [2.24, 2.45) is 0 Å². The molecule has 0 saturated heterocycles. The smallest absolute Gasteiger partial charge is 0.416 e. The number of hydrogen-bond acceptors (Lipinski definition) is 7. The Morgan fingerprint density at radius 1 is 1.19 bits per heavy atom. The second-order valence-electron chi connectivity index (χ2n) is 8.95. The summed E-state index contributed by atoms with van der Waals surface area (Å²) in [6, 6.07) is 9.21. The summed E-state index contributed by atoms with van der Waals surface area (Å²) in [5, 5.41) is 5.95. The van der Waals surface area contributed by atoms with Gasteiger partial charge in [0.1, 0.15) is 28.9 Å². The zero-order chi connectivity index (χ0) is 26.4. The lowest BCUT2D eigenvalue weighted by atomic mass is 9.91. The molecule has 2 aromatic carbocycles. The Morgan fingerprint density at radius 3 is 2.68 bits per heavy atom. The molecule has 4 aromatic rings. The maximum Gasteiger partial charge on any atom is 0.416 e. The number of halogens is 3. The molecule has 1 aliphatic heterocycles. The number of sulfonamides is 1. The van der Waals surface area contributed by atoms with Crippen LogP contribution in [0.1, 0.15) is 37.5 Å². The van der Waals surface area contributed by atoms with E-state index in [9.17, 15) is 21.6 Å². The largest absolute Gasteiger partial charge is 0.487 e. The quantitative estimate of drug-likeness (QED) is 0.325. The van der Waals surface area contributed by atoms with E-state index in [1.54, 1.807) is 17.5 Å². The van der Waals surface area contributed by atoms with Crippen LogP contribution in [-0.4, -0.2) is 28.8 Å². The minimum absolute atomic E-state index is 0.0235. The number of rotatable bonds is 6. The Kier molecular flexibility index (Phi) is 6.15. The average Bonchev–Trinajstić information content (AvgIpc) is 3.52. The summed E-state index contributed by atoms with van der Waals surface area (Å²) < 4.78 is 82.0. The first-order valence-corrected chi connectivity index (χ1v) is 13.4. The van der Waals surface area contributed by atoms with Gasteiger partial charge in [0.05, 0.1) is 10.5 Å². The number of thiazole rings is 1. The van der Waals surface area contributed by atoms with Crippen molar-refractivity contribution in [1.82, 2.24) is 14.8 Å². The summed E-state index contributed by atoms with van der Waals surface area (Å²) in [7, 11) is -3.93. The summed E-state index contributed by atoms with van der Waals surface area (Å²) in [6.45, 7) is 3.64. The van der Waals surface area contributed by atoms with Crippen LogP contribution in [0, 0.1) is 0 Å². The van der Waals surface area contributed by atoms with Crippen molar-refractivity contribution in [2.45, 2.75) is 43.0 Å². The van der Waals surface area contributed by atoms with E-state index in [1.807, 2.05) is 13.8 Å². The first-order chi connectivity index (χ1) is 17.4. The van der Waals surface area contributed by atoms with Gasteiger partial charge in [0, 0.05) is 42.0 Å². The molecule has 0 saturated carbocycles. The van der Waals surface area contributed by atoms with Crippen molar-refractivity contribution in [3.8, 4) is 17.2 Å². The average molecular weight is 551 g/mol. The monoisotopic (exact) mass is 550 g/mol. The zero-order valence-electron chi connectivity index (χ0n) is 19.6. The lowest BCUT2D eigenvalue weighted by molar-refractivity contribution is -0.137. The number of fused-ring (bicyclic) bond motifs is 1. The standard InChI is InChI=1S/C24H21F3N4O4S2/c1-23(2)14-21(34-19-7-4-15(24(25,26)27)12-18(19)31-10-3-8-29-31)17-6-5-16(13-20(17)35-23)37(32,33)30-22-28-9-11-36-22/h3-13,21H,14H2,1-2H3,(H,28,30). The molecule has 0 spiro atoms. The third kappa shape index (κ3) is 5.27. The molecule has 0 fully saturated rings. The number of ether oxygens (including phenoxy) is 2. The predicted octanol–water partition coefficient (Wildman–Crippen LogP) is 5.83. The van der Waals surface area contributed by atoms with Gasteiger partial charge in [0.25, 0.3) is 10.0 Å². The SMILES string of the molecule is CC1(C)CC(Oc2ccc(C(F)(F)F)cc2-n2cccn2)c2ccc(S(=O)(=O)Nc3nccs3)cc2O1. The van der Waals surface area contributed by atoms with E-state index < -0.39 is 33.5 Å². The molecule has 194 valence electrons. The van der Waals surface area contributed by atoms with Gasteiger partial charge in [-0.1, -0.05) is 6.07 Å². The normalized spacial score (nSPS) is 17.1. The van der Waals surface area contributed by atoms with E-state index in [0.29, 0.717) is 17.7 Å². The third-order valence-corrected chi connectivity index (χ3v) is 7.82. The molecule has 2 aromatic heterocycles. The highest BCUT2D eigenvalue weighted by Crippen LogP contribution is 2.44. The van der Waals surface area contributed by atoms with Crippen LogP contribution < -0.4 is 14.2 Å². The summed E-state index contributed by atoms with van der Waals surface area (Å²) in [5.41, 5.74) is -0.891. The van der Waals surface area contributed by atoms with Gasteiger partial charge in [0.2, 0.25) is 0 Å². The van der Waals surface area contributed by atoms with Crippen LogP contribution in [0.3, 0.4) is 0 Å². The van der Waals surface area contributed by atoms with E-state index in [0.717, 1.165) is 23.5 Å². The molecule has 1 N–H and O–H groups in total. The van der Waals surface area contributed by atoms with Gasteiger partial charge in [-0.05, 0) is 44.2 Å². The van der Waals surface area contributed by atoms with Crippen LogP contribution in [0.2, 0.25) is 0 Å². The molecular weight excluding hydrogens is 529 g/mol. The first kappa shape index (κ1) is 25.1. The minimum atomic E-state index is -4.54. The van der Waals surface area contributed by atoms with Crippen LogP contribution >= 0.6 is 11.3 Å². The number of nitrogens with zero attached hydrogens (tertiary/aromatic N) is 3. The van der Waals surface area contributed by atoms with E-state index in [4.69, 9.17) is 9.47 Å².